The zero-order chi connectivity index (χ0) is 15.6. The molecule has 0 unspecified atom stereocenters. The van der Waals surface area contributed by atoms with E-state index in [0.717, 1.165) is 12.5 Å². The lowest BCUT2D eigenvalue weighted by Gasteiger charge is -2.34. The average molecular weight is 324 g/mol. The van der Waals surface area contributed by atoms with Crippen LogP contribution in [0.15, 0.2) is 24.3 Å². The molecule has 1 aromatic carbocycles. The van der Waals surface area contributed by atoms with E-state index in [2.05, 4.69) is 26.1 Å². The Morgan fingerprint density at radius 2 is 1.48 bits per heavy atom. The minimum atomic E-state index is -4.30. The molecule has 1 nitrogen and oxygen atoms in total. The van der Waals surface area contributed by atoms with Gasteiger partial charge in [0.1, 0.15) is 0 Å². The molecule has 0 atom stereocenters. The normalized spacial score (nSPS) is 13.0. The minimum absolute atomic E-state index is 0. The van der Waals surface area contributed by atoms with Gasteiger partial charge in [-0.25, -0.2) is 0 Å². The highest BCUT2D eigenvalue weighted by atomic mass is 35.5. The third kappa shape index (κ3) is 7.18. The van der Waals surface area contributed by atoms with Gasteiger partial charge in [-0.05, 0) is 37.3 Å². The second-order valence-corrected chi connectivity index (χ2v) is 7.13. The van der Waals surface area contributed by atoms with Gasteiger partial charge in [0.15, 0.2) is 0 Å². The topological polar surface area (TPSA) is 12.0 Å². The highest BCUT2D eigenvalue weighted by Gasteiger charge is 2.33. The summed E-state index contributed by atoms with van der Waals surface area (Å²) in [5, 5.41) is 3.24. The summed E-state index contributed by atoms with van der Waals surface area (Å²) in [6, 6.07) is 5.73. The lowest BCUT2D eigenvalue weighted by Crippen LogP contribution is -2.42. The maximum atomic E-state index is 12.9. The largest absolute Gasteiger partial charge is 0.416 e. The molecule has 0 saturated heterocycles. The fourth-order valence-electron chi connectivity index (χ4n) is 2.67. The third-order valence-corrected chi connectivity index (χ3v) is 3.05. The standard InChI is InChI=1S/C16H24F3N.ClH/c1-14(2,3)11-15(4,5)20-10-12-8-6-7-9-13(12)16(17,18)19;/h6-9,20H,10-11H2,1-5H3;1H. The zero-order valence-corrected chi connectivity index (χ0v) is 14.1. The van der Waals surface area contributed by atoms with Gasteiger partial charge in [0, 0.05) is 12.1 Å². The fraction of sp³-hybridized carbons (Fsp3) is 0.625. The third-order valence-electron chi connectivity index (χ3n) is 3.05. The first-order valence-corrected chi connectivity index (χ1v) is 6.81. The van der Waals surface area contributed by atoms with E-state index in [0.29, 0.717) is 5.56 Å². The van der Waals surface area contributed by atoms with Gasteiger partial charge in [-0.15, -0.1) is 12.4 Å². The lowest BCUT2D eigenvalue weighted by molar-refractivity contribution is -0.138. The number of benzene rings is 1. The van der Waals surface area contributed by atoms with Crippen LogP contribution in [-0.2, 0) is 12.7 Å². The molecular formula is C16H25ClF3N. The Bertz CT molecular complexity index is 448. The van der Waals surface area contributed by atoms with Gasteiger partial charge < -0.3 is 5.32 Å². The van der Waals surface area contributed by atoms with Crippen molar-refractivity contribution in [2.45, 2.75) is 59.3 Å². The monoisotopic (exact) mass is 323 g/mol. The highest BCUT2D eigenvalue weighted by molar-refractivity contribution is 5.85. The molecule has 0 spiro atoms. The van der Waals surface area contributed by atoms with E-state index in [-0.39, 0.29) is 29.9 Å². The quantitative estimate of drug-likeness (QED) is 0.779. The molecule has 1 rings (SSSR count). The Morgan fingerprint density at radius 3 is 1.95 bits per heavy atom. The molecule has 0 aromatic heterocycles. The van der Waals surface area contributed by atoms with Crippen LogP contribution in [-0.4, -0.2) is 5.54 Å². The maximum Gasteiger partial charge on any atom is 0.416 e. The van der Waals surface area contributed by atoms with Crippen LogP contribution in [0.5, 0.6) is 0 Å². The Hall–Kier alpha value is -0.740. The number of alkyl halides is 3. The molecule has 0 saturated carbocycles. The molecule has 0 aliphatic heterocycles. The van der Waals surface area contributed by atoms with Gasteiger partial charge >= 0.3 is 6.18 Å². The van der Waals surface area contributed by atoms with Crippen molar-refractivity contribution in [3.8, 4) is 0 Å². The van der Waals surface area contributed by atoms with E-state index in [9.17, 15) is 13.2 Å². The predicted octanol–water partition coefficient (Wildman–Crippen LogP) is 5.43. The van der Waals surface area contributed by atoms with Crippen molar-refractivity contribution in [3.63, 3.8) is 0 Å². The van der Waals surface area contributed by atoms with E-state index in [1.807, 2.05) is 13.8 Å². The average Bonchev–Trinajstić information content (AvgIpc) is 2.22. The molecule has 122 valence electrons. The molecular weight excluding hydrogens is 299 g/mol. The minimum Gasteiger partial charge on any atom is -0.308 e. The van der Waals surface area contributed by atoms with Crippen LogP contribution in [0.2, 0.25) is 0 Å². The Kier molecular flexibility index (Phi) is 6.77. The molecule has 0 aliphatic carbocycles. The van der Waals surface area contributed by atoms with Gasteiger partial charge in [-0.1, -0.05) is 39.0 Å². The van der Waals surface area contributed by atoms with Crippen LogP contribution in [0.1, 0.15) is 52.2 Å². The molecule has 1 aromatic rings. The van der Waals surface area contributed by atoms with Crippen molar-refractivity contribution in [2.24, 2.45) is 5.41 Å². The summed E-state index contributed by atoms with van der Waals surface area (Å²) >= 11 is 0. The SMILES string of the molecule is CC(C)(C)CC(C)(C)NCc1ccccc1C(F)(F)F.Cl. The number of nitrogens with one attached hydrogen (secondary N) is 1. The molecule has 0 heterocycles. The maximum absolute atomic E-state index is 12.9. The molecule has 0 amide bonds. The summed E-state index contributed by atoms with van der Waals surface area (Å²) in [4.78, 5) is 0. The zero-order valence-electron chi connectivity index (χ0n) is 13.3. The fourth-order valence-corrected chi connectivity index (χ4v) is 2.67. The van der Waals surface area contributed by atoms with E-state index in [1.165, 1.54) is 12.1 Å². The lowest BCUT2D eigenvalue weighted by atomic mass is 9.81. The van der Waals surface area contributed by atoms with E-state index < -0.39 is 11.7 Å². The van der Waals surface area contributed by atoms with Crippen LogP contribution in [0.4, 0.5) is 13.2 Å². The molecule has 0 fully saturated rings. The number of hydrogen-bond acceptors (Lipinski definition) is 1. The second kappa shape index (κ2) is 7.01. The summed E-state index contributed by atoms with van der Waals surface area (Å²) in [7, 11) is 0. The van der Waals surface area contributed by atoms with Gasteiger partial charge in [0.05, 0.1) is 5.56 Å². The van der Waals surface area contributed by atoms with Crippen LogP contribution < -0.4 is 5.32 Å². The first-order chi connectivity index (χ1) is 8.91. The Morgan fingerprint density at radius 1 is 0.952 bits per heavy atom. The molecule has 1 N–H and O–H groups in total. The number of halogens is 4. The number of hydrogen-bond donors (Lipinski definition) is 1. The molecule has 21 heavy (non-hydrogen) atoms. The van der Waals surface area contributed by atoms with Crippen LogP contribution in [0.25, 0.3) is 0 Å². The first-order valence-electron chi connectivity index (χ1n) is 6.81. The Labute approximate surface area is 131 Å². The summed E-state index contributed by atoms with van der Waals surface area (Å²) < 4.78 is 38.7. The predicted molar refractivity (Wildman–Crippen MR) is 83.7 cm³/mol. The molecule has 0 radical (unpaired) electrons. The van der Waals surface area contributed by atoms with Gasteiger partial charge in [0.25, 0.3) is 0 Å². The van der Waals surface area contributed by atoms with E-state index >= 15 is 0 Å². The smallest absolute Gasteiger partial charge is 0.308 e. The van der Waals surface area contributed by atoms with Crippen molar-refractivity contribution in [3.05, 3.63) is 35.4 Å². The van der Waals surface area contributed by atoms with Crippen molar-refractivity contribution in [1.82, 2.24) is 5.32 Å². The molecule has 0 bridgehead atoms. The van der Waals surface area contributed by atoms with Crippen molar-refractivity contribution >= 4 is 12.4 Å². The summed E-state index contributed by atoms with van der Waals surface area (Å²) in [6.07, 6.45) is -3.42. The van der Waals surface area contributed by atoms with Gasteiger partial charge in [0.2, 0.25) is 0 Å². The summed E-state index contributed by atoms with van der Waals surface area (Å²) in [5.41, 5.74) is -0.349. The van der Waals surface area contributed by atoms with Crippen LogP contribution >= 0.6 is 12.4 Å². The Balaban J connectivity index is 0.00000400. The summed E-state index contributed by atoms with van der Waals surface area (Å²) in [5.74, 6) is 0. The van der Waals surface area contributed by atoms with E-state index in [4.69, 9.17) is 0 Å². The van der Waals surface area contributed by atoms with Gasteiger partial charge in [-0.3, -0.25) is 0 Å². The van der Waals surface area contributed by atoms with Crippen LogP contribution in [0.3, 0.4) is 0 Å². The van der Waals surface area contributed by atoms with Crippen molar-refractivity contribution in [1.29, 1.82) is 0 Å². The first kappa shape index (κ1) is 20.3. The number of rotatable bonds is 4. The highest BCUT2D eigenvalue weighted by Crippen LogP contribution is 2.32. The second-order valence-electron chi connectivity index (χ2n) is 7.13. The van der Waals surface area contributed by atoms with E-state index in [1.54, 1.807) is 6.07 Å². The molecule has 0 aliphatic rings. The molecule has 5 heteroatoms. The van der Waals surface area contributed by atoms with Gasteiger partial charge in [-0.2, -0.15) is 13.2 Å². The summed E-state index contributed by atoms with van der Waals surface area (Å²) in [6.45, 7) is 10.6. The van der Waals surface area contributed by atoms with Crippen LogP contribution in [0, 0.1) is 5.41 Å². The van der Waals surface area contributed by atoms with Crippen molar-refractivity contribution in [2.75, 3.05) is 0 Å². The van der Waals surface area contributed by atoms with Crippen molar-refractivity contribution < 1.29 is 13.2 Å².